The highest BCUT2D eigenvalue weighted by Crippen LogP contribution is 2.27. The van der Waals surface area contributed by atoms with Gasteiger partial charge >= 0.3 is 0 Å². The van der Waals surface area contributed by atoms with Crippen molar-refractivity contribution in [3.63, 3.8) is 0 Å². The molecule has 31 heavy (non-hydrogen) atoms. The number of hydrogen-bond donors (Lipinski definition) is 1. The zero-order valence-electron chi connectivity index (χ0n) is 18.0. The van der Waals surface area contributed by atoms with Crippen molar-refractivity contribution in [2.75, 3.05) is 20.8 Å². The van der Waals surface area contributed by atoms with E-state index in [2.05, 4.69) is 24.4 Å². The van der Waals surface area contributed by atoms with E-state index in [1.807, 2.05) is 41.0 Å². The minimum absolute atomic E-state index is 0.125. The van der Waals surface area contributed by atoms with Gasteiger partial charge in [-0.2, -0.15) is 0 Å². The molecule has 1 N–H and O–H groups in total. The minimum atomic E-state index is -0.125. The Labute approximate surface area is 181 Å². The van der Waals surface area contributed by atoms with E-state index in [0.29, 0.717) is 42.3 Å². The molecular formula is C25H26N2O4. The van der Waals surface area contributed by atoms with E-state index in [-0.39, 0.29) is 5.91 Å². The van der Waals surface area contributed by atoms with Crippen molar-refractivity contribution in [3.05, 3.63) is 83.2 Å². The maximum absolute atomic E-state index is 13.0. The van der Waals surface area contributed by atoms with Crippen LogP contribution in [0.5, 0.6) is 11.5 Å². The van der Waals surface area contributed by atoms with Gasteiger partial charge in [0.15, 0.2) is 17.1 Å². The Morgan fingerprint density at radius 1 is 1.03 bits per heavy atom. The van der Waals surface area contributed by atoms with Crippen LogP contribution in [0.25, 0.3) is 11.1 Å². The molecule has 0 atom stereocenters. The van der Waals surface area contributed by atoms with Gasteiger partial charge in [0, 0.05) is 25.2 Å². The molecule has 4 aromatic rings. The van der Waals surface area contributed by atoms with Gasteiger partial charge in [-0.25, -0.2) is 0 Å². The second kappa shape index (κ2) is 9.00. The van der Waals surface area contributed by atoms with Crippen LogP contribution in [0, 0.1) is 6.92 Å². The predicted molar refractivity (Wildman–Crippen MR) is 120 cm³/mol. The lowest BCUT2D eigenvalue weighted by molar-refractivity contribution is 0.0945. The molecule has 0 bridgehead atoms. The van der Waals surface area contributed by atoms with Gasteiger partial charge in [-0.15, -0.1) is 0 Å². The minimum Gasteiger partial charge on any atom is -0.493 e. The smallest absolute Gasteiger partial charge is 0.268 e. The number of aromatic nitrogens is 1. The highest BCUT2D eigenvalue weighted by Gasteiger charge is 2.18. The molecule has 4 rings (SSSR count). The Kier molecular flexibility index (Phi) is 5.98. The second-order valence-corrected chi connectivity index (χ2v) is 7.41. The van der Waals surface area contributed by atoms with E-state index < -0.39 is 0 Å². The number of nitrogens with one attached hydrogen (secondary N) is 1. The number of carbonyl (C=O) groups is 1. The molecule has 0 aliphatic rings. The van der Waals surface area contributed by atoms with Crippen molar-refractivity contribution in [1.29, 1.82) is 0 Å². The number of benzene rings is 2. The number of furan rings is 1. The van der Waals surface area contributed by atoms with Crippen LogP contribution in [0.1, 0.15) is 27.2 Å². The third kappa shape index (κ3) is 4.28. The molecular weight excluding hydrogens is 392 g/mol. The molecule has 6 nitrogen and oxygen atoms in total. The Hall–Kier alpha value is -3.67. The lowest BCUT2D eigenvalue weighted by Gasteiger charge is -2.13. The predicted octanol–water partition coefficient (Wildman–Crippen LogP) is 4.58. The molecule has 0 aliphatic carbocycles. The molecule has 0 aliphatic heterocycles. The summed E-state index contributed by atoms with van der Waals surface area (Å²) >= 11 is 0. The standard InChI is InChI=1S/C25H26N2O4/c1-17-6-4-5-7-19(17)16-27-20-11-13-31-23(20)15-21(27)25(28)26-12-10-18-8-9-22(29-2)24(14-18)30-3/h4-9,11,13-15H,10,12,16H2,1-3H3,(H,26,28). The first-order chi connectivity index (χ1) is 15.1. The van der Waals surface area contributed by atoms with Gasteiger partial charge in [0.2, 0.25) is 0 Å². The van der Waals surface area contributed by atoms with E-state index >= 15 is 0 Å². The van der Waals surface area contributed by atoms with E-state index in [1.54, 1.807) is 26.5 Å². The Balaban J connectivity index is 1.49. The van der Waals surface area contributed by atoms with E-state index in [9.17, 15) is 4.79 Å². The molecule has 0 unspecified atom stereocenters. The number of carbonyl (C=O) groups excluding carboxylic acids is 1. The third-order valence-electron chi connectivity index (χ3n) is 5.49. The van der Waals surface area contributed by atoms with Crippen molar-refractivity contribution in [2.24, 2.45) is 0 Å². The summed E-state index contributed by atoms with van der Waals surface area (Å²) in [7, 11) is 3.22. The number of methoxy groups -OCH3 is 2. The summed E-state index contributed by atoms with van der Waals surface area (Å²) in [5, 5.41) is 3.03. The lowest BCUT2D eigenvalue weighted by Crippen LogP contribution is -2.28. The molecule has 0 saturated heterocycles. The molecule has 2 heterocycles. The summed E-state index contributed by atoms with van der Waals surface area (Å²) in [6, 6.07) is 17.7. The molecule has 0 fully saturated rings. The average molecular weight is 418 g/mol. The molecule has 6 heteroatoms. The first-order valence-corrected chi connectivity index (χ1v) is 10.2. The second-order valence-electron chi connectivity index (χ2n) is 7.41. The van der Waals surface area contributed by atoms with E-state index in [4.69, 9.17) is 13.9 Å². The number of nitrogens with zero attached hydrogens (tertiary/aromatic N) is 1. The fraction of sp³-hybridized carbons (Fsp3) is 0.240. The molecule has 0 radical (unpaired) electrons. The lowest BCUT2D eigenvalue weighted by atomic mass is 10.1. The van der Waals surface area contributed by atoms with Crippen LogP contribution in [0.15, 0.2) is 65.3 Å². The largest absolute Gasteiger partial charge is 0.493 e. The van der Waals surface area contributed by atoms with Crippen LogP contribution in [0.3, 0.4) is 0 Å². The fourth-order valence-electron chi connectivity index (χ4n) is 3.74. The first kappa shape index (κ1) is 20.6. The van der Waals surface area contributed by atoms with Crippen molar-refractivity contribution in [2.45, 2.75) is 19.9 Å². The van der Waals surface area contributed by atoms with Crippen LogP contribution in [-0.2, 0) is 13.0 Å². The van der Waals surface area contributed by atoms with Crippen molar-refractivity contribution < 1.29 is 18.7 Å². The van der Waals surface area contributed by atoms with Gasteiger partial charge in [-0.1, -0.05) is 30.3 Å². The van der Waals surface area contributed by atoms with Crippen LogP contribution in [0.2, 0.25) is 0 Å². The molecule has 1 amide bonds. The number of amides is 1. The first-order valence-electron chi connectivity index (χ1n) is 10.2. The summed E-state index contributed by atoms with van der Waals surface area (Å²) in [5.41, 5.74) is 5.62. The van der Waals surface area contributed by atoms with Crippen LogP contribution >= 0.6 is 0 Å². The number of aryl methyl sites for hydroxylation is 1. The maximum Gasteiger partial charge on any atom is 0.268 e. The summed E-state index contributed by atoms with van der Waals surface area (Å²) in [6.07, 6.45) is 2.33. The normalized spacial score (nSPS) is 10.9. The van der Waals surface area contributed by atoms with E-state index in [0.717, 1.165) is 11.1 Å². The molecule has 2 aromatic heterocycles. The quantitative estimate of drug-likeness (QED) is 0.455. The summed E-state index contributed by atoms with van der Waals surface area (Å²) in [5.74, 6) is 1.24. The van der Waals surface area contributed by atoms with Crippen LogP contribution < -0.4 is 14.8 Å². The zero-order chi connectivity index (χ0) is 21.8. The van der Waals surface area contributed by atoms with Gasteiger partial charge in [0.05, 0.1) is 26.0 Å². The summed E-state index contributed by atoms with van der Waals surface area (Å²) in [4.78, 5) is 13.0. The number of ether oxygens (including phenoxy) is 2. The topological polar surface area (TPSA) is 65.6 Å². The molecule has 0 saturated carbocycles. The maximum atomic E-state index is 13.0. The number of fused-ring (bicyclic) bond motifs is 1. The Morgan fingerprint density at radius 3 is 2.61 bits per heavy atom. The van der Waals surface area contributed by atoms with Crippen LogP contribution in [0.4, 0.5) is 0 Å². The van der Waals surface area contributed by atoms with E-state index in [1.165, 1.54) is 11.1 Å². The number of hydrogen-bond acceptors (Lipinski definition) is 4. The molecule has 0 spiro atoms. The van der Waals surface area contributed by atoms with Gasteiger partial charge < -0.3 is 23.8 Å². The fourth-order valence-corrected chi connectivity index (χ4v) is 3.74. The third-order valence-corrected chi connectivity index (χ3v) is 5.49. The SMILES string of the molecule is COc1ccc(CCNC(=O)c2cc3occc3n2Cc2ccccc2C)cc1OC. The average Bonchev–Trinajstić information content (AvgIpc) is 3.37. The van der Waals surface area contributed by atoms with Crippen molar-refractivity contribution in [1.82, 2.24) is 9.88 Å². The van der Waals surface area contributed by atoms with Crippen molar-refractivity contribution >= 4 is 17.0 Å². The Bertz CT molecular complexity index is 1210. The van der Waals surface area contributed by atoms with Crippen molar-refractivity contribution in [3.8, 4) is 11.5 Å². The highest BCUT2D eigenvalue weighted by molar-refractivity contribution is 5.97. The summed E-state index contributed by atoms with van der Waals surface area (Å²) < 4.78 is 18.2. The van der Waals surface area contributed by atoms with Gasteiger partial charge in [-0.3, -0.25) is 4.79 Å². The van der Waals surface area contributed by atoms with Gasteiger partial charge in [-0.05, 0) is 42.2 Å². The molecule has 160 valence electrons. The number of rotatable bonds is 8. The van der Waals surface area contributed by atoms with Gasteiger partial charge in [0.25, 0.3) is 5.91 Å². The monoisotopic (exact) mass is 418 g/mol. The molecule has 2 aromatic carbocycles. The zero-order valence-corrected chi connectivity index (χ0v) is 18.0. The van der Waals surface area contributed by atoms with Gasteiger partial charge in [0.1, 0.15) is 5.69 Å². The summed E-state index contributed by atoms with van der Waals surface area (Å²) in [6.45, 7) is 3.19. The Morgan fingerprint density at radius 2 is 1.84 bits per heavy atom. The van der Waals surface area contributed by atoms with Crippen LogP contribution in [-0.4, -0.2) is 31.2 Å². The highest BCUT2D eigenvalue weighted by atomic mass is 16.5.